The molecule has 0 atom stereocenters. The fraction of sp³-hybridized carbons (Fsp3) is 0.333. The lowest BCUT2D eigenvalue weighted by atomic mass is 10.2. The predicted octanol–water partition coefficient (Wildman–Crippen LogP) is 1.64. The summed E-state index contributed by atoms with van der Waals surface area (Å²) >= 11 is 0. The average Bonchev–Trinajstić information content (AvgIpc) is 2.62. The maximum atomic E-state index is 12.8. The summed E-state index contributed by atoms with van der Waals surface area (Å²) in [5, 5.41) is 9.26. The summed E-state index contributed by atoms with van der Waals surface area (Å²) in [6.07, 6.45) is 1.25. The van der Waals surface area contributed by atoms with Gasteiger partial charge in [-0.3, -0.25) is 4.72 Å². The number of aromatic carboxylic acids is 1. The third kappa shape index (κ3) is 4.37. The van der Waals surface area contributed by atoms with Crippen molar-refractivity contribution in [3.8, 4) is 0 Å². The molecular weight excluding hydrogens is 368 g/mol. The number of sulfonamides is 1. The van der Waals surface area contributed by atoms with Crippen LogP contribution in [0.15, 0.2) is 41.4 Å². The van der Waals surface area contributed by atoms with E-state index in [1.54, 1.807) is 25.1 Å². The number of aryl methyl sites for hydroxylation is 1. The molecule has 0 radical (unpaired) electrons. The number of rotatable bonds is 5. The Morgan fingerprint density at radius 1 is 1.19 bits per heavy atom. The molecule has 0 amide bonds. The molecule has 2 aromatic rings. The Morgan fingerprint density at radius 2 is 1.89 bits per heavy atom. The number of pyridine rings is 1. The number of aromatic nitrogens is 1. The van der Waals surface area contributed by atoms with Crippen LogP contribution < -0.4 is 9.62 Å². The summed E-state index contributed by atoms with van der Waals surface area (Å²) in [6.45, 7) is 4.78. The maximum absolute atomic E-state index is 12.8. The van der Waals surface area contributed by atoms with Crippen LogP contribution in [-0.2, 0) is 10.0 Å². The molecule has 0 aliphatic carbocycles. The largest absolute Gasteiger partial charge is 0.478 e. The third-order valence-corrected chi connectivity index (χ3v) is 5.82. The molecule has 2 heterocycles. The molecule has 1 fully saturated rings. The van der Waals surface area contributed by atoms with Crippen LogP contribution in [0.5, 0.6) is 0 Å². The fourth-order valence-electron chi connectivity index (χ4n) is 2.91. The molecular formula is C18H22N4O4S. The first-order valence-electron chi connectivity index (χ1n) is 8.52. The number of nitrogens with zero attached hydrogens (tertiary/aromatic N) is 3. The van der Waals surface area contributed by atoms with Crippen molar-refractivity contribution in [2.24, 2.45) is 0 Å². The van der Waals surface area contributed by atoms with Gasteiger partial charge in [0.2, 0.25) is 0 Å². The molecule has 0 unspecified atom stereocenters. The molecule has 0 spiro atoms. The summed E-state index contributed by atoms with van der Waals surface area (Å²) in [5.41, 5.74) is 0.908. The van der Waals surface area contributed by atoms with Crippen molar-refractivity contribution in [3.63, 3.8) is 0 Å². The summed E-state index contributed by atoms with van der Waals surface area (Å²) in [4.78, 5) is 19.8. The smallest absolute Gasteiger partial charge is 0.337 e. The Balaban J connectivity index is 1.99. The number of carboxylic acids is 1. The van der Waals surface area contributed by atoms with Crippen LogP contribution in [0.25, 0.3) is 0 Å². The van der Waals surface area contributed by atoms with Gasteiger partial charge in [-0.2, -0.15) is 0 Å². The molecule has 1 aromatic carbocycles. The van der Waals surface area contributed by atoms with Gasteiger partial charge in [-0.1, -0.05) is 12.1 Å². The van der Waals surface area contributed by atoms with Gasteiger partial charge in [-0.15, -0.1) is 0 Å². The second-order valence-electron chi connectivity index (χ2n) is 6.61. The van der Waals surface area contributed by atoms with Gasteiger partial charge in [0.25, 0.3) is 10.0 Å². The highest BCUT2D eigenvalue weighted by Crippen LogP contribution is 2.28. The molecule has 1 aliphatic rings. The zero-order valence-corrected chi connectivity index (χ0v) is 16.0. The van der Waals surface area contributed by atoms with E-state index in [2.05, 4.69) is 14.6 Å². The van der Waals surface area contributed by atoms with Crippen LogP contribution in [0, 0.1) is 6.92 Å². The quantitative estimate of drug-likeness (QED) is 0.800. The van der Waals surface area contributed by atoms with Crippen LogP contribution in [0.1, 0.15) is 15.9 Å². The average molecular weight is 390 g/mol. The van der Waals surface area contributed by atoms with Crippen LogP contribution in [0.3, 0.4) is 0 Å². The van der Waals surface area contributed by atoms with Crippen LogP contribution in [-0.4, -0.2) is 62.6 Å². The Morgan fingerprint density at radius 3 is 2.52 bits per heavy atom. The molecule has 0 saturated carbocycles. The number of carbonyl (C=O) groups is 1. The molecule has 1 aromatic heterocycles. The molecule has 8 nitrogen and oxygen atoms in total. The lowest BCUT2D eigenvalue weighted by molar-refractivity contribution is 0.0696. The van der Waals surface area contributed by atoms with E-state index in [1.165, 1.54) is 18.3 Å². The third-order valence-electron chi connectivity index (χ3n) is 4.46. The van der Waals surface area contributed by atoms with E-state index in [0.29, 0.717) is 18.9 Å². The van der Waals surface area contributed by atoms with E-state index >= 15 is 0 Å². The molecule has 27 heavy (non-hydrogen) atoms. The van der Waals surface area contributed by atoms with Gasteiger partial charge in [-0.25, -0.2) is 18.2 Å². The van der Waals surface area contributed by atoms with Crippen LogP contribution in [0.2, 0.25) is 0 Å². The predicted molar refractivity (Wildman–Crippen MR) is 103 cm³/mol. The zero-order valence-electron chi connectivity index (χ0n) is 15.2. The van der Waals surface area contributed by atoms with Crippen molar-refractivity contribution in [1.82, 2.24) is 9.88 Å². The highest BCUT2D eigenvalue weighted by atomic mass is 32.2. The summed E-state index contributed by atoms with van der Waals surface area (Å²) in [6, 6.07) is 7.85. The fourth-order valence-corrected chi connectivity index (χ4v) is 4.06. The van der Waals surface area contributed by atoms with Crippen LogP contribution >= 0.6 is 0 Å². The Hall–Kier alpha value is -2.65. The van der Waals surface area contributed by atoms with Gasteiger partial charge in [0.15, 0.2) is 5.82 Å². The van der Waals surface area contributed by atoms with E-state index in [9.17, 15) is 18.3 Å². The van der Waals surface area contributed by atoms with Gasteiger partial charge in [-0.05, 0) is 37.7 Å². The lowest BCUT2D eigenvalue weighted by Crippen LogP contribution is -2.45. The molecule has 144 valence electrons. The van der Waals surface area contributed by atoms with Gasteiger partial charge in [0, 0.05) is 32.4 Å². The summed E-state index contributed by atoms with van der Waals surface area (Å²) in [5.74, 6) is -0.729. The second-order valence-corrected chi connectivity index (χ2v) is 8.30. The van der Waals surface area contributed by atoms with Crippen molar-refractivity contribution < 1.29 is 18.3 Å². The van der Waals surface area contributed by atoms with Crippen molar-refractivity contribution in [2.45, 2.75) is 11.8 Å². The first-order chi connectivity index (χ1) is 12.8. The van der Waals surface area contributed by atoms with Crippen LogP contribution in [0.4, 0.5) is 11.5 Å². The highest BCUT2D eigenvalue weighted by molar-refractivity contribution is 7.92. The Kier molecular flexibility index (Phi) is 5.33. The summed E-state index contributed by atoms with van der Waals surface area (Å²) < 4.78 is 28.1. The number of anilines is 2. The van der Waals surface area contributed by atoms with Crippen molar-refractivity contribution >= 4 is 27.5 Å². The number of piperazine rings is 1. The number of likely N-dealkylation sites (N-methyl/N-ethyl adjacent to an activating group) is 1. The number of carboxylic acid groups (broad SMARTS) is 1. The normalized spacial score (nSPS) is 15.6. The molecule has 1 saturated heterocycles. The lowest BCUT2D eigenvalue weighted by Gasteiger charge is -2.34. The summed E-state index contributed by atoms with van der Waals surface area (Å²) in [7, 11) is -1.86. The number of hydrogen-bond donors (Lipinski definition) is 2. The van der Waals surface area contributed by atoms with Crippen molar-refractivity contribution in [3.05, 3.63) is 47.7 Å². The molecule has 2 N–H and O–H groups in total. The highest BCUT2D eigenvalue weighted by Gasteiger charge is 2.23. The second kappa shape index (κ2) is 7.53. The van der Waals surface area contributed by atoms with E-state index in [0.717, 1.165) is 18.7 Å². The minimum atomic E-state index is -3.87. The number of nitrogens with one attached hydrogen (secondary N) is 1. The standard InChI is InChI=1S/C18H22N4O4S/c1-13-4-3-5-15(10-13)27(25,26)20-16-11-14(18(23)24)12-19-17(16)22-8-6-21(2)7-9-22/h3-5,10-12,20H,6-9H2,1-2H3,(H,23,24). The van der Waals surface area contributed by atoms with Crippen molar-refractivity contribution in [1.29, 1.82) is 0 Å². The Bertz CT molecular complexity index is 954. The first-order valence-corrected chi connectivity index (χ1v) is 10.0. The minimum absolute atomic E-state index is 0.0742. The molecule has 3 rings (SSSR count). The molecule has 9 heteroatoms. The van der Waals surface area contributed by atoms with E-state index in [4.69, 9.17) is 0 Å². The minimum Gasteiger partial charge on any atom is -0.478 e. The van der Waals surface area contributed by atoms with E-state index in [-0.39, 0.29) is 16.1 Å². The van der Waals surface area contributed by atoms with Gasteiger partial charge in [0.05, 0.1) is 16.1 Å². The maximum Gasteiger partial charge on any atom is 0.337 e. The SMILES string of the molecule is Cc1cccc(S(=O)(=O)Nc2cc(C(=O)O)cnc2N2CCN(C)CC2)c1. The number of hydrogen-bond acceptors (Lipinski definition) is 6. The van der Waals surface area contributed by atoms with E-state index in [1.807, 2.05) is 11.9 Å². The number of benzene rings is 1. The Labute approximate surface area is 158 Å². The molecule has 0 bridgehead atoms. The van der Waals surface area contributed by atoms with Gasteiger partial charge >= 0.3 is 5.97 Å². The topological polar surface area (TPSA) is 103 Å². The van der Waals surface area contributed by atoms with Gasteiger partial charge in [0.1, 0.15) is 0 Å². The molecule has 1 aliphatic heterocycles. The monoisotopic (exact) mass is 390 g/mol. The van der Waals surface area contributed by atoms with E-state index < -0.39 is 16.0 Å². The zero-order chi connectivity index (χ0) is 19.6. The van der Waals surface area contributed by atoms with Crippen molar-refractivity contribution in [2.75, 3.05) is 42.8 Å². The van der Waals surface area contributed by atoms with Gasteiger partial charge < -0.3 is 14.9 Å². The first kappa shape index (κ1) is 19.1.